The highest BCUT2D eigenvalue weighted by Crippen LogP contribution is 2.31. The number of carbonyl (C=O) groups excluding carboxylic acids is 2. The third kappa shape index (κ3) is 3.40. The van der Waals surface area contributed by atoms with Crippen LogP contribution in [0.2, 0.25) is 0 Å². The molecule has 0 aromatic heterocycles. The Bertz CT molecular complexity index is 589. The average molecular weight is 305 g/mol. The molecular weight excluding hydrogens is 282 g/mol. The van der Waals surface area contributed by atoms with Gasteiger partial charge < -0.3 is 14.4 Å². The number of hydrogen-bond donors (Lipinski definition) is 0. The molecule has 0 spiro atoms. The minimum Gasteiger partial charge on any atom is -0.465 e. The van der Waals surface area contributed by atoms with Gasteiger partial charge in [0.05, 0.1) is 18.7 Å². The molecule has 1 aromatic carbocycles. The van der Waals surface area contributed by atoms with Crippen molar-refractivity contribution in [1.29, 1.82) is 0 Å². The summed E-state index contributed by atoms with van der Waals surface area (Å²) in [5.41, 5.74) is 2.10. The van der Waals surface area contributed by atoms with Crippen molar-refractivity contribution in [2.24, 2.45) is 0 Å². The first-order valence-electron chi connectivity index (χ1n) is 7.43. The van der Waals surface area contributed by atoms with Crippen LogP contribution < -0.4 is 0 Å². The van der Waals surface area contributed by atoms with E-state index in [1.165, 1.54) is 7.11 Å². The van der Waals surface area contributed by atoms with E-state index in [-0.39, 0.29) is 18.1 Å². The Labute approximate surface area is 131 Å². The maximum atomic E-state index is 12.3. The lowest BCUT2D eigenvalue weighted by atomic mass is 9.92. The van der Waals surface area contributed by atoms with Crippen LogP contribution >= 0.6 is 0 Å². The van der Waals surface area contributed by atoms with E-state index >= 15 is 0 Å². The van der Waals surface area contributed by atoms with Crippen molar-refractivity contribution in [3.05, 3.63) is 34.9 Å². The van der Waals surface area contributed by atoms with E-state index in [0.29, 0.717) is 12.1 Å². The normalized spacial score (nSPS) is 17.7. The number of rotatable bonds is 1. The molecule has 22 heavy (non-hydrogen) atoms. The molecule has 0 bridgehead atoms. The van der Waals surface area contributed by atoms with Crippen LogP contribution in [0, 0.1) is 0 Å². The largest absolute Gasteiger partial charge is 0.465 e. The SMILES string of the molecule is COC(=O)c1ccc2c(c1)C(C)N(C(=O)OC(C)(C)C)CC2. The van der Waals surface area contributed by atoms with Gasteiger partial charge in [-0.1, -0.05) is 6.07 Å². The fourth-order valence-electron chi connectivity index (χ4n) is 2.63. The van der Waals surface area contributed by atoms with Crippen LogP contribution in [0.1, 0.15) is 55.2 Å². The number of benzene rings is 1. The summed E-state index contributed by atoms with van der Waals surface area (Å²) in [6.07, 6.45) is 0.425. The van der Waals surface area contributed by atoms with Gasteiger partial charge in [-0.3, -0.25) is 0 Å². The molecule has 2 rings (SSSR count). The number of fused-ring (bicyclic) bond motifs is 1. The first kappa shape index (κ1) is 16.3. The molecule has 0 N–H and O–H groups in total. The highest BCUT2D eigenvalue weighted by Gasteiger charge is 2.31. The summed E-state index contributed by atoms with van der Waals surface area (Å²) < 4.78 is 10.2. The van der Waals surface area contributed by atoms with Crippen LogP contribution in [-0.2, 0) is 15.9 Å². The molecule has 0 aliphatic carbocycles. The Kier molecular flexibility index (Phi) is 4.44. The number of nitrogens with zero attached hydrogens (tertiary/aromatic N) is 1. The zero-order chi connectivity index (χ0) is 16.5. The summed E-state index contributed by atoms with van der Waals surface area (Å²) in [7, 11) is 1.36. The fourth-order valence-corrected chi connectivity index (χ4v) is 2.63. The van der Waals surface area contributed by atoms with E-state index in [0.717, 1.165) is 17.5 Å². The molecular formula is C17H23NO4. The minimum atomic E-state index is -0.523. The van der Waals surface area contributed by atoms with E-state index in [9.17, 15) is 9.59 Å². The van der Waals surface area contributed by atoms with E-state index < -0.39 is 5.60 Å². The summed E-state index contributed by atoms with van der Waals surface area (Å²) in [6, 6.07) is 5.37. The predicted molar refractivity (Wildman–Crippen MR) is 82.8 cm³/mol. The highest BCUT2D eigenvalue weighted by molar-refractivity contribution is 5.89. The van der Waals surface area contributed by atoms with Gasteiger partial charge in [0.15, 0.2) is 0 Å². The van der Waals surface area contributed by atoms with E-state index in [1.807, 2.05) is 39.8 Å². The van der Waals surface area contributed by atoms with Crippen LogP contribution in [0.25, 0.3) is 0 Å². The van der Waals surface area contributed by atoms with Gasteiger partial charge in [-0.05, 0) is 57.4 Å². The number of methoxy groups -OCH3 is 1. The summed E-state index contributed by atoms with van der Waals surface area (Å²) in [6.45, 7) is 8.11. The lowest BCUT2D eigenvalue weighted by molar-refractivity contribution is 0.0160. The molecule has 1 unspecified atom stereocenters. The van der Waals surface area contributed by atoms with Crippen LogP contribution in [0.15, 0.2) is 18.2 Å². The summed E-state index contributed by atoms with van der Waals surface area (Å²) in [5.74, 6) is -0.371. The maximum absolute atomic E-state index is 12.3. The average Bonchev–Trinajstić information content (AvgIpc) is 2.44. The van der Waals surface area contributed by atoms with Gasteiger partial charge in [0, 0.05) is 6.54 Å². The molecule has 0 radical (unpaired) electrons. The van der Waals surface area contributed by atoms with Gasteiger partial charge in [-0.25, -0.2) is 9.59 Å². The van der Waals surface area contributed by atoms with Crippen molar-refractivity contribution in [1.82, 2.24) is 4.90 Å². The van der Waals surface area contributed by atoms with Crippen molar-refractivity contribution < 1.29 is 19.1 Å². The molecule has 1 atom stereocenters. The molecule has 1 aliphatic rings. The van der Waals surface area contributed by atoms with Gasteiger partial charge in [0.2, 0.25) is 0 Å². The second-order valence-electron chi connectivity index (χ2n) is 6.50. The van der Waals surface area contributed by atoms with Crippen molar-refractivity contribution in [2.45, 2.75) is 45.8 Å². The first-order chi connectivity index (χ1) is 10.2. The zero-order valence-electron chi connectivity index (χ0n) is 13.8. The maximum Gasteiger partial charge on any atom is 0.410 e. The van der Waals surface area contributed by atoms with Crippen LogP contribution in [0.4, 0.5) is 4.79 Å². The standard InChI is InChI=1S/C17H23NO4/c1-11-14-10-13(15(19)21-5)7-6-12(14)8-9-18(11)16(20)22-17(2,3)4/h6-7,10-11H,8-9H2,1-5H3. The molecule has 120 valence electrons. The number of amides is 1. The van der Waals surface area contributed by atoms with Gasteiger partial charge in [0.1, 0.15) is 5.60 Å². The number of esters is 1. The van der Waals surface area contributed by atoms with E-state index in [2.05, 4.69) is 0 Å². The monoisotopic (exact) mass is 305 g/mol. The third-order valence-corrected chi connectivity index (χ3v) is 3.73. The summed E-state index contributed by atoms with van der Waals surface area (Å²) in [4.78, 5) is 25.7. The Hall–Kier alpha value is -2.04. The van der Waals surface area contributed by atoms with Gasteiger partial charge in [0.25, 0.3) is 0 Å². The van der Waals surface area contributed by atoms with Crippen LogP contribution in [-0.4, -0.2) is 36.2 Å². The van der Waals surface area contributed by atoms with E-state index in [4.69, 9.17) is 9.47 Å². The Morgan fingerprint density at radius 2 is 1.95 bits per heavy atom. The van der Waals surface area contributed by atoms with E-state index in [1.54, 1.807) is 11.0 Å². The Balaban J connectivity index is 2.26. The number of ether oxygens (including phenoxy) is 2. The second kappa shape index (κ2) is 5.99. The molecule has 1 amide bonds. The molecule has 0 saturated heterocycles. The molecule has 1 heterocycles. The van der Waals surface area contributed by atoms with Crippen LogP contribution in [0.3, 0.4) is 0 Å². The van der Waals surface area contributed by atoms with Crippen molar-refractivity contribution in [3.8, 4) is 0 Å². The second-order valence-corrected chi connectivity index (χ2v) is 6.50. The summed E-state index contributed by atoms with van der Waals surface area (Å²) >= 11 is 0. The molecule has 1 aromatic rings. The van der Waals surface area contributed by atoms with Crippen molar-refractivity contribution in [3.63, 3.8) is 0 Å². The topological polar surface area (TPSA) is 55.8 Å². The highest BCUT2D eigenvalue weighted by atomic mass is 16.6. The molecule has 5 nitrogen and oxygen atoms in total. The number of hydrogen-bond acceptors (Lipinski definition) is 4. The zero-order valence-corrected chi connectivity index (χ0v) is 13.8. The van der Waals surface area contributed by atoms with Crippen molar-refractivity contribution >= 4 is 12.1 Å². The smallest absolute Gasteiger partial charge is 0.410 e. The third-order valence-electron chi connectivity index (χ3n) is 3.73. The fraction of sp³-hybridized carbons (Fsp3) is 0.529. The Morgan fingerprint density at radius 1 is 1.27 bits per heavy atom. The first-order valence-corrected chi connectivity index (χ1v) is 7.43. The predicted octanol–water partition coefficient (Wildman–Crippen LogP) is 3.33. The quantitative estimate of drug-likeness (QED) is 0.747. The lowest BCUT2D eigenvalue weighted by Gasteiger charge is -2.36. The summed E-state index contributed by atoms with van der Waals surface area (Å²) in [5, 5.41) is 0. The molecule has 5 heteroatoms. The minimum absolute atomic E-state index is 0.136. The Morgan fingerprint density at radius 3 is 2.55 bits per heavy atom. The van der Waals surface area contributed by atoms with Crippen LogP contribution in [0.5, 0.6) is 0 Å². The van der Waals surface area contributed by atoms with Gasteiger partial charge in [-0.2, -0.15) is 0 Å². The lowest BCUT2D eigenvalue weighted by Crippen LogP contribution is -2.42. The van der Waals surface area contributed by atoms with Gasteiger partial charge >= 0.3 is 12.1 Å². The number of carbonyl (C=O) groups is 2. The van der Waals surface area contributed by atoms with Crippen molar-refractivity contribution in [2.75, 3.05) is 13.7 Å². The molecule has 0 fully saturated rings. The van der Waals surface area contributed by atoms with Gasteiger partial charge in [-0.15, -0.1) is 0 Å². The molecule has 1 aliphatic heterocycles. The molecule has 0 saturated carbocycles.